The second-order valence-corrected chi connectivity index (χ2v) is 5.49. The molecule has 0 aromatic heterocycles. The maximum Gasteiger partial charge on any atom is 0.253 e. The topological polar surface area (TPSA) is 41.6 Å². The van der Waals surface area contributed by atoms with Crippen LogP contribution in [0, 0.1) is 5.82 Å². The number of nitrogens with zero attached hydrogens (tertiary/aromatic N) is 1. The first-order valence-electron chi connectivity index (χ1n) is 7.70. The summed E-state index contributed by atoms with van der Waals surface area (Å²) in [6, 6.07) is 13.4. The summed E-state index contributed by atoms with van der Waals surface area (Å²) in [7, 11) is 0. The lowest BCUT2D eigenvalue weighted by Gasteiger charge is -2.27. The fourth-order valence-electron chi connectivity index (χ4n) is 2.54. The summed E-state index contributed by atoms with van der Waals surface area (Å²) in [6.45, 7) is 3.43. The molecule has 0 bridgehead atoms. The highest BCUT2D eigenvalue weighted by Gasteiger charge is 2.17. The van der Waals surface area contributed by atoms with Gasteiger partial charge in [0, 0.05) is 31.7 Å². The molecule has 0 saturated carbocycles. The summed E-state index contributed by atoms with van der Waals surface area (Å²) >= 11 is 0. The fourth-order valence-corrected chi connectivity index (χ4v) is 2.54. The van der Waals surface area contributed by atoms with E-state index in [-0.39, 0.29) is 24.1 Å². The van der Waals surface area contributed by atoms with E-state index in [4.69, 9.17) is 4.74 Å². The van der Waals surface area contributed by atoms with Crippen molar-refractivity contribution in [3.8, 4) is 5.75 Å². The number of nitrogens with one attached hydrogen (secondary N) is 1. The SMILES string of the molecule is Cl.O=C(c1ccc(OCc2cccc(F)c2)cc1)N1CCNCC1. The van der Waals surface area contributed by atoms with Crippen LogP contribution in [0.3, 0.4) is 0 Å². The van der Waals surface area contributed by atoms with E-state index in [1.165, 1.54) is 12.1 Å². The zero-order chi connectivity index (χ0) is 16.1. The van der Waals surface area contributed by atoms with Gasteiger partial charge < -0.3 is 15.0 Å². The number of ether oxygens (including phenoxy) is 1. The van der Waals surface area contributed by atoms with Crippen molar-refractivity contribution in [3.05, 3.63) is 65.5 Å². The standard InChI is InChI=1S/C18H19FN2O2.ClH/c19-16-3-1-2-14(12-16)13-23-17-6-4-15(5-7-17)18(22)21-10-8-20-9-11-21;/h1-7,12,20H,8-11,13H2;1H. The molecule has 6 heteroatoms. The smallest absolute Gasteiger partial charge is 0.253 e. The van der Waals surface area contributed by atoms with Crippen molar-refractivity contribution in [1.82, 2.24) is 10.2 Å². The molecule has 0 atom stereocenters. The lowest BCUT2D eigenvalue weighted by atomic mass is 10.1. The summed E-state index contributed by atoms with van der Waals surface area (Å²) in [4.78, 5) is 14.2. The number of hydrogen-bond donors (Lipinski definition) is 1. The number of carbonyl (C=O) groups excluding carboxylic acids is 1. The maximum atomic E-state index is 13.1. The van der Waals surface area contributed by atoms with Gasteiger partial charge in [-0.2, -0.15) is 0 Å². The average molecular weight is 351 g/mol. The molecule has 0 unspecified atom stereocenters. The van der Waals surface area contributed by atoms with Gasteiger partial charge in [0.2, 0.25) is 0 Å². The Balaban J connectivity index is 0.00000208. The van der Waals surface area contributed by atoms with Crippen LogP contribution in [0.4, 0.5) is 4.39 Å². The third-order valence-corrected chi connectivity index (χ3v) is 3.80. The molecular formula is C18H20ClFN2O2. The molecule has 0 radical (unpaired) electrons. The van der Waals surface area contributed by atoms with E-state index in [2.05, 4.69) is 5.32 Å². The van der Waals surface area contributed by atoms with Crippen molar-refractivity contribution >= 4 is 18.3 Å². The highest BCUT2D eigenvalue weighted by Crippen LogP contribution is 2.16. The quantitative estimate of drug-likeness (QED) is 0.922. The number of hydrogen-bond acceptors (Lipinski definition) is 3. The molecule has 128 valence electrons. The monoisotopic (exact) mass is 350 g/mol. The van der Waals surface area contributed by atoms with Crippen LogP contribution in [0.25, 0.3) is 0 Å². The lowest BCUT2D eigenvalue weighted by Crippen LogP contribution is -2.46. The fraction of sp³-hybridized carbons (Fsp3) is 0.278. The zero-order valence-corrected chi connectivity index (χ0v) is 14.0. The van der Waals surface area contributed by atoms with E-state index >= 15 is 0 Å². The Labute approximate surface area is 147 Å². The van der Waals surface area contributed by atoms with Gasteiger partial charge in [0.25, 0.3) is 5.91 Å². The molecule has 1 amide bonds. The Hall–Kier alpha value is -2.11. The molecule has 1 aliphatic heterocycles. The first-order chi connectivity index (χ1) is 11.2. The van der Waals surface area contributed by atoms with Gasteiger partial charge in [-0.25, -0.2) is 4.39 Å². The zero-order valence-electron chi connectivity index (χ0n) is 13.2. The molecule has 2 aromatic carbocycles. The molecule has 0 spiro atoms. The van der Waals surface area contributed by atoms with Crippen LogP contribution in [0.2, 0.25) is 0 Å². The third kappa shape index (κ3) is 4.69. The van der Waals surface area contributed by atoms with Crippen LogP contribution < -0.4 is 10.1 Å². The Morgan fingerprint density at radius 2 is 1.83 bits per heavy atom. The van der Waals surface area contributed by atoms with Crippen molar-refractivity contribution in [2.75, 3.05) is 26.2 Å². The molecule has 0 aliphatic carbocycles. The van der Waals surface area contributed by atoms with Gasteiger partial charge >= 0.3 is 0 Å². The second-order valence-electron chi connectivity index (χ2n) is 5.49. The summed E-state index contributed by atoms with van der Waals surface area (Å²) in [5, 5.41) is 3.23. The summed E-state index contributed by atoms with van der Waals surface area (Å²) in [6.07, 6.45) is 0. The molecule has 1 heterocycles. The van der Waals surface area contributed by atoms with Crippen molar-refractivity contribution in [1.29, 1.82) is 0 Å². The van der Waals surface area contributed by atoms with E-state index < -0.39 is 0 Å². The van der Waals surface area contributed by atoms with Crippen LogP contribution in [-0.4, -0.2) is 37.0 Å². The summed E-state index contributed by atoms with van der Waals surface area (Å²) < 4.78 is 18.7. The van der Waals surface area contributed by atoms with E-state index in [9.17, 15) is 9.18 Å². The van der Waals surface area contributed by atoms with Crippen LogP contribution in [0.15, 0.2) is 48.5 Å². The molecule has 1 fully saturated rings. The van der Waals surface area contributed by atoms with Gasteiger partial charge in [-0.15, -0.1) is 12.4 Å². The average Bonchev–Trinajstić information content (AvgIpc) is 2.61. The lowest BCUT2D eigenvalue weighted by molar-refractivity contribution is 0.0736. The van der Waals surface area contributed by atoms with E-state index in [0.717, 1.165) is 31.7 Å². The Morgan fingerprint density at radius 1 is 1.12 bits per heavy atom. The van der Waals surface area contributed by atoms with Crippen molar-refractivity contribution in [3.63, 3.8) is 0 Å². The predicted octanol–water partition coefficient (Wildman–Crippen LogP) is 2.87. The van der Waals surface area contributed by atoms with Gasteiger partial charge in [-0.1, -0.05) is 12.1 Å². The highest BCUT2D eigenvalue weighted by molar-refractivity contribution is 5.94. The molecule has 24 heavy (non-hydrogen) atoms. The minimum Gasteiger partial charge on any atom is -0.489 e. The van der Waals surface area contributed by atoms with E-state index in [0.29, 0.717) is 17.9 Å². The Bertz CT molecular complexity index is 673. The number of benzene rings is 2. The number of piperazine rings is 1. The summed E-state index contributed by atoms with van der Waals surface area (Å²) in [5.41, 5.74) is 1.43. The number of halogens is 2. The van der Waals surface area contributed by atoms with E-state index in [1.807, 2.05) is 11.0 Å². The van der Waals surface area contributed by atoms with Crippen LogP contribution in [0.1, 0.15) is 15.9 Å². The molecule has 1 N–H and O–H groups in total. The van der Waals surface area contributed by atoms with Gasteiger partial charge in [0.1, 0.15) is 18.2 Å². The highest BCUT2D eigenvalue weighted by atomic mass is 35.5. The van der Waals surface area contributed by atoms with Gasteiger partial charge in [-0.05, 0) is 42.0 Å². The van der Waals surface area contributed by atoms with Crippen LogP contribution in [0.5, 0.6) is 5.75 Å². The minimum absolute atomic E-state index is 0. The minimum atomic E-state index is -0.275. The number of amides is 1. The Kier molecular flexibility index (Phi) is 6.58. The van der Waals surface area contributed by atoms with Crippen molar-refractivity contribution < 1.29 is 13.9 Å². The molecular weight excluding hydrogens is 331 g/mol. The van der Waals surface area contributed by atoms with Crippen LogP contribution >= 0.6 is 12.4 Å². The molecule has 4 nitrogen and oxygen atoms in total. The number of rotatable bonds is 4. The number of carbonyl (C=O) groups is 1. The van der Waals surface area contributed by atoms with Crippen molar-refractivity contribution in [2.24, 2.45) is 0 Å². The summed E-state index contributed by atoms with van der Waals surface area (Å²) in [5.74, 6) is 0.428. The molecule has 3 rings (SSSR count). The van der Waals surface area contributed by atoms with Crippen molar-refractivity contribution in [2.45, 2.75) is 6.61 Å². The molecule has 1 aliphatic rings. The first kappa shape index (κ1) is 18.2. The molecule has 1 saturated heterocycles. The van der Waals surface area contributed by atoms with Gasteiger partial charge in [0.05, 0.1) is 0 Å². The maximum absolute atomic E-state index is 13.1. The van der Waals surface area contributed by atoms with Gasteiger partial charge in [0.15, 0.2) is 0 Å². The van der Waals surface area contributed by atoms with Gasteiger partial charge in [-0.3, -0.25) is 4.79 Å². The third-order valence-electron chi connectivity index (χ3n) is 3.80. The van der Waals surface area contributed by atoms with E-state index in [1.54, 1.807) is 30.3 Å². The molecule has 2 aromatic rings. The Morgan fingerprint density at radius 3 is 2.50 bits per heavy atom. The predicted molar refractivity (Wildman–Crippen MR) is 93.2 cm³/mol. The first-order valence-corrected chi connectivity index (χ1v) is 7.70. The van der Waals surface area contributed by atoms with Crippen LogP contribution in [-0.2, 0) is 6.61 Å². The largest absolute Gasteiger partial charge is 0.489 e. The normalized spacial score (nSPS) is 14.0. The second kappa shape index (κ2) is 8.66.